The van der Waals surface area contributed by atoms with Crippen LogP contribution in [0.25, 0.3) is 0 Å². The number of hydrogen-bond acceptors (Lipinski definition) is 5. The van der Waals surface area contributed by atoms with E-state index in [0.717, 1.165) is 25.9 Å². The average molecular weight is 442 g/mol. The van der Waals surface area contributed by atoms with Crippen molar-refractivity contribution in [2.75, 3.05) is 32.8 Å². The number of carbonyl (C=O) groups excluding carboxylic acids is 3. The quantitative estimate of drug-likeness (QED) is 0.687. The van der Waals surface area contributed by atoms with Crippen LogP contribution < -0.4 is 5.32 Å². The predicted molar refractivity (Wildman–Crippen MR) is 122 cm³/mol. The zero-order valence-electron chi connectivity index (χ0n) is 19.6. The summed E-state index contributed by atoms with van der Waals surface area (Å²) in [6, 6.07) is 4.78. The van der Waals surface area contributed by atoms with E-state index in [9.17, 15) is 14.4 Å². The molecular formula is C25H35N3O4. The first-order chi connectivity index (χ1) is 15.2. The zero-order chi connectivity index (χ0) is 23.0. The minimum absolute atomic E-state index is 0.0950. The monoisotopic (exact) mass is 441 g/mol. The fourth-order valence-corrected chi connectivity index (χ4v) is 5.26. The van der Waals surface area contributed by atoms with Crippen molar-refractivity contribution >= 4 is 17.7 Å². The molecule has 2 saturated heterocycles. The molecule has 0 aromatic heterocycles. The molecule has 1 N–H and O–H groups in total. The molecule has 1 aromatic carbocycles. The Morgan fingerprint density at radius 2 is 1.81 bits per heavy atom. The molecule has 3 aliphatic heterocycles. The number of benzene rings is 1. The van der Waals surface area contributed by atoms with E-state index in [-0.39, 0.29) is 35.9 Å². The minimum atomic E-state index is -0.341. The van der Waals surface area contributed by atoms with Gasteiger partial charge in [0.1, 0.15) is 0 Å². The molecule has 7 nitrogen and oxygen atoms in total. The number of hydrogen-bond donors (Lipinski definition) is 1. The van der Waals surface area contributed by atoms with Gasteiger partial charge in [-0.05, 0) is 63.1 Å². The summed E-state index contributed by atoms with van der Waals surface area (Å²) in [5.74, 6) is 0.420. The zero-order valence-corrected chi connectivity index (χ0v) is 19.6. The summed E-state index contributed by atoms with van der Waals surface area (Å²) < 4.78 is 5.59. The van der Waals surface area contributed by atoms with Gasteiger partial charge < -0.3 is 10.1 Å². The normalized spacial score (nSPS) is 26.5. The summed E-state index contributed by atoms with van der Waals surface area (Å²) >= 11 is 0. The topological polar surface area (TPSA) is 79.0 Å². The van der Waals surface area contributed by atoms with Crippen LogP contribution in [0.15, 0.2) is 18.2 Å². The smallest absolute Gasteiger partial charge is 0.261 e. The van der Waals surface area contributed by atoms with E-state index >= 15 is 0 Å². The van der Waals surface area contributed by atoms with E-state index < -0.39 is 0 Å². The highest BCUT2D eigenvalue weighted by molar-refractivity contribution is 6.22. The van der Waals surface area contributed by atoms with Crippen LogP contribution in [-0.4, -0.2) is 72.0 Å². The maximum absolute atomic E-state index is 12.9. The highest BCUT2D eigenvalue weighted by Gasteiger charge is 2.38. The Kier molecular flexibility index (Phi) is 6.41. The molecule has 0 radical (unpaired) electrons. The molecule has 3 atom stereocenters. The maximum atomic E-state index is 12.9. The number of nitrogens with one attached hydrogen (secondary N) is 1. The molecule has 3 unspecified atom stereocenters. The molecule has 4 rings (SSSR count). The van der Waals surface area contributed by atoms with Crippen molar-refractivity contribution in [1.29, 1.82) is 0 Å². The lowest BCUT2D eigenvalue weighted by atomic mass is 9.88. The number of ether oxygens (including phenoxy) is 1. The van der Waals surface area contributed by atoms with Crippen LogP contribution in [0.2, 0.25) is 0 Å². The van der Waals surface area contributed by atoms with Gasteiger partial charge in [-0.3, -0.25) is 24.2 Å². The molecule has 2 fully saturated rings. The highest BCUT2D eigenvalue weighted by atomic mass is 16.5. The number of imide groups is 1. The fourth-order valence-electron chi connectivity index (χ4n) is 5.26. The SMILES string of the molecule is CC1CC(C)CN(C(C)(C)CNC(=O)c2ccc3c(c2)C(=O)N(CC2CCCO2)C3=O)C1. The predicted octanol–water partition coefficient (Wildman–Crippen LogP) is 2.95. The van der Waals surface area contributed by atoms with Gasteiger partial charge in [0.2, 0.25) is 0 Å². The van der Waals surface area contributed by atoms with Crippen molar-refractivity contribution in [1.82, 2.24) is 15.1 Å². The van der Waals surface area contributed by atoms with Gasteiger partial charge in [0.25, 0.3) is 17.7 Å². The lowest BCUT2D eigenvalue weighted by Crippen LogP contribution is -2.56. The molecule has 0 spiro atoms. The molecule has 7 heteroatoms. The number of amides is 3. The molecule has 174 valence electrons. The van der Waals surface area contributed by atoms with Crippen LogP contribution in [0.4, 0.5) is 0 Å². The van der Waals surface area contributed by atoms with Crippen LogP contribution in [0, 0.1) is 11.8 Å². The number of piperidine rings is 1. The van der Waals surface area contributed by atoms with Crippen LogP contribution in [0.5, 0.6) is 0 Å². The summed E-state index contributed by atoms with van der Waals surface area (Å²) in [5.41, 5.74) is 0.902. The number of likely N-dealkylation sites (tertiary alicyclic amines) is 1. The van der Waals surface area contributed by atoms with E-state index in [2.05, 4.69) is 37.9 Å². The van der Waals surface area contributed by atoms with Crippen molar-refractivity contribution < 1.29 is 19.1 Å². The fraction of sp³-hybridized carbons (Fsp3) is 0.640. The van der Waals surface area contributed by atoms with E-state index in [0.29, 0.717) is 41.7 Å². The Morgan fingerprint density at radius 1 is 1.12 bits per heavy atom. The van der Waals surface area contributed by atoms with Crippen molar-refractivity contribution in [3.8, 4) is 0 Å². The van der Waals surface area contributed by atoms with Crippen LogP contribution in [0.1, 0.15) is 78.0 Å². The van der Waals surface area contributed by atoms with Crippen LogP contribution in [-0.2, 0) is 4.74 Å². The Balaban J connectivity index is 1.41. The Hall–Kier alpha value is -2.25. The van der Waals surface area contributed by atoms with Crippen LogP contribution in [0.3, 0.4) is 0 Å². The Bertz CT molecular complexity index is 896. The summed E-state index contributed by atoms with van der Waals surface area (Å²) in [5, 5.41) is 3.04. The lowest BCUT2D eigenvalue weighted by Gasteiger charge is -2.45. The molecular weight excluding hydrogens is 406 g/mol. The molecule has 3 aliphatic rings. The molecule has 1 aromatic rings. The first-order valence-corrected chi connectivity index (χ1v) is 11.8. The number of rotatable bonds is 6. The molecule has 3 heterocycles. The highest BCUT2D eigenvalue weighted by Crippen LogP contribution is 2.28. The van der Waals surface area contributed by atoms with Gasteiger partial charge >= 0.3 is 0 Å². The second-order valence-corrected chi connectivity index (χ2v) is 10.5. The van der Waals surface area contributed by atoms with Gasteiger partial charge in [-0.15, -0.1) is 0 Å². The lowest BCUT2D eigenvalue weighted by molar-refractivity contribution is 0.0445. The maximum Gasteiger partial charge on any atom is 0.261 e. The third-order valence-corrected chi connectivity index (χ3v) is 7.05. The second kappa shape index (κ2) is 8.94. The van der Waals surface area contributed by atoms with Gasteiger partial charge in [-0.25, -0.2) is 0 Å². The minimum Gasteiger partial charge on any atom is -0.376 e. The number of fused-ring (bicyclic) bond motifs is 1. The molecule has 32 heavy (non-hydrogen) atoms. The largest absolute Gasteiger partial charge is 0.376 e. The first kappa shape index (κ1) is 22.9. The van der Waals surface area contributed by atoms with E-state index in [1.54, 1.807) is 18.2 Å². The third-order valence-electron chi connectivity index (χ3n) is 7.05. The molecule has 0 saturated carbocycles. The number of carbonyl (C=O) groups is 3. The first-order valence-electron chi connectivity index (χ1n) is 11.8. The van der Waals surface area contributed by atoms with Gasteiger partial charge in [0, 0.05) is 37.3 Å². The molecule has 3 amide bonds. The van der Waals surface area contributed by atoms with Gasteiger partial charge in [0.15, 0.2) is 0 Å². The van der Waals surface area contributed by atoms with Gasteiger partial charge in [0.05, 0.1) is 23.8 Å². The number of nitrogens with zero attached hydrogens (tertiary/aromatic N) is 2. The average Bonchev–Trinajstić information content (AvgIpc) is 3.34. The van der Waals surface area contributed by atoms with E-state index in [1.165, 1.54) is 11.3 Å². The summed E-state index contributed by atoms with van der Waals surface area (Å²) in [6.45, 7) is 12.4. The summed E-state index contributed by atoms with van der Waals surface area (Å²) in [4.78, 5) is 42.2. The van der Waals surface area contributed by atoms with Gasteiger partial charge in [-0.1, -0.05) is 13.8 Å². The summed E-state index contributed by atoms with van der Waals surface area (Å²) in [7, 11) is 0. The van der Waals surface area contributed by atoms with Crippen molar-refractivity contribution in [3.63, 3.8) is 0 Å². The van der Waals surface area contributed by atoms with E-state index in [4.69, 9.17) is 4.74 Å². The summed E-state index contributed by atoms with van der Waals surface area (Å²) in [6.07, 6.45) is 2.95. The van der Waals surface area contributed by atoms with Crippen LogP contribution >= 0.6 is 0 Å². The van der Waals surface area contributed by atoms with E-state index in [1.807, 2.05) is 0 Å². The van der Waals surface area contributed by atoms with Crippen molar-refractivity contribution in [2.45, 2.75) is 58.6 Å². The van der Waals surface area contributed by atoms with Gasteiger partial charge in [-0.2, -0.15) is 0 Å². The molecule has 0 aliphatic carbocycles. The Labute approximate surface area is 190 Å². The van der Waals surface area contributed by atoms with Crippen molar-refractivity contribution in [3.05, 3.63) is 34.9 Å². The second-order valence-electron chi connectivity index (χ2n) is 10.5. The standard InChI is InChI=1S/C25H35N3O4/c1-16-10-17(2)13-27(12-16)25(3,4)15-26-22(29)18-7-8-20-21(11-18)24(31)28(23(20)30)14-19-6-5-9-32-19/h7-8,11,16-17,19H,5-6,9-10,12-15H2,1-4H3,(H,26,29). The third kappa shape index (κ3) is 4.59. The van der Waals surface area contributed by atoms with Crippen molar-refractivity contribution in [2.24, 2.45) is 11.8 Å². The Morgan fingerprint density at radius 3 is 2.47 bits per heavy atom. The molecule has 0 bridgehead atoms.